The van der Waals surface area contributed by atoms with Crippen LogP contribution < -0.4 is 0 Å². The summed E-state index contributed by atoms with van der Waals surface area (Å²) in [5.41, 5.74) is 0.807. The van der Waals surface area contributed by atoms with Crippen molar-refractivity contribution in [3.8, 4) is 0 Å². The molecule has 0 aromatic carbocycles. The maximum absolute atomic E-state index is 13.4. The first-order valence-corrected chi connectivity index (χ1v) is 11.4. The van der Waals surface area contributed by atoms with Crippen molar-refractivity contribution in [3.63, 3.8) is 0 Å². The summed E-state index contributed by atoms with van der Waals surface area (Å²) in [6.45, 7) is 8.38. The van der Waals surface area contributed by atoms with Gasteiger partial charge < -0.3 is 19.3 Å². The number of hydrogen-bond acceptors (Lipinski definition) is 5. The molecular weight excluding hydrogens is 441 g/mol. The van der Waals surface area contributed by atoms with Crippen LogP contribution in [0.4, 0.5) is 13.2 Å². The molecule has 33 heavy (non-hydrogen) atoms. The van der Waals surface area contributed by atoms with Crippen molar-refractivity contribution in [1.82, 2.24) is 19.4 Å². The fourth-order valence-corrected chi connectivity index (χ4v) is 4.91. The van der Waals surface area contributed by atoms with E-state index >= 15 is 0 Å². The summed E-state index contributed by atoms with van der Waals surface area (Å²) in [6, 6.07) is 1.07. The number of carbonyl (C=O) groups excluding carboxylic acids is 1. The minimum atomic E-state index is -5.08. The Hall–Kier alpha value is -2.14. The number of nitrogens with zero attached hydrogens (tertiary/aromatic N) is 4. The monoisotopic (exact) mass is 474 g/mol. The van der Waals surface area contributed by atoms with Gasteiger partial charge in [0.25, 0.3) is 0 Å². The molecule has 2 atom stereocenters. The predicted molar refractivity (Wildman–Crippen MR) is 114 cm³/mol. The second kappa shape index (κ2) is 10.0. The highest BCUT2D eigenvalue weighted by Crippen LogP contribution is 2.51. The van der Waals surface area contributed by atoms with Crippen LogP contribution in [-0.2, 0) is 14.3 Å². The third-order valence-electron chi connectivity index (χ3n) is 7.08. The van der Waals surface area contributed by atoms with Crippen LogP contribution in [0, 0.1) is 5.41 Å². The molecule has 0 radical (unpaired) electrons. The first-order valence-electron chi connectivity index (χ1n) is 11.4. The second-order valence-corrected chi connectivity index (χ2v) is 9.40. The first-order chi connectivity index (χ1) is 15.5. The third kappa shape index (κ3) is 5.34. The fraction of sp³-hybridized carbons (Fsp3) is 0.773. The normalized spacial score (nSPS) is 26.1. The van der Waals surface area contributed by atoms with Crippen LogP contribution in [0.1, 0.15) is 57.2 Å². The highest BCUT2D eigenvalue weighted by molar-refractivity contribution is 5.86. The first kappa shape index (κ1) is 25.5. The Bertz CT molecular complexity index is 840. The van der Waals surface area contributed by atoms with Crippen LogP contribution in [0.3, 0.4) is 0 Å². The highest BCUT2D eigenvalue weighted by atomic mass is 19.4. The summed E-state index contributed by atoms with van der Waals surface area (Å²) in [5, 5.41) is 7.12. The SMILES string of the molecule is COCCN1CCC2(CN(C3CCC3)CC2c2cn(C(C)C)cn2)C1=O.O=C(O)C(F)(F)F. The molecular formula is C22H33F3N4O4. The van der Waals surface area contributed by atoms with Gasteiger partial charge in [0.15, 0.2) is 0 Å². The molecule has 1 aromatic rings. The lowest BCUT2D eigenvalue weighted by atomic mass is 9.75. The number of amides is 1. The van der Waals surface area contributed by atoms with Crippen LogP contribution in [0.2, 0.25) is 0 Å². The van der Waals surface area contributed by atoms with E-state index in [1.165, 1.54) is 19.3 Å². The number of ether oxygens (including phenoxy) is 1. The molecule has 0 bridgehead atoms. The van der Waals surface area contributed by atoms with Gasteiger partial charge >= 0.3 is 12.1 Å². The number of alkyl halides is 3. The number of methoxy groups -OCH3 is 1. The number of carbonyl (C=O) groups is 2. The van der Waals surface area contributed by atoms with E-state index in [2.05, 4.69) is 29.5 Å². The summed E-state index contributed by atoms with van der Waals surface area (Å²) in [7, 11) is 1.70. The van der Waals surface area contributed by atoms with Gasteiger partial charge in [0.05, 0.1) is 24.0 Å². The molecule has 3 aliphatic rings. The molecule has 186 valence electrons. The lowest BCUT2D eigenvalue weighted by molar-refractivity contribution is -0.192. The van der Waals surface area contributed by atoms with Crippen LogP contribution in [0.25, 0.3) is 0 Å². The molecule has 1 N–H and O–H groups in total. The highest BCUT2D eigenvalue weighted by Gasteiger charge is 2.58. The summed E-state index contributed by atoms with van der Waals surface area (Å²) in [5.74, 6) is -2.23. The zero-order valence-electron chi connectivity index (χ0n) is 19.3. The van der Waals surface area contributed by atoms with Crippen LogP contribution in [0.15, 0.2) is 12.5 Å². The Balaban J connectivity index is 0.000000383. The lowest BCUT2D eigenvalue weighted by Gasteiger charge is -2.35. The van der Waals surface area contributed by atoms with E-state index < -0.39 is 12.1 Å². The van der Waals surface area contributed by atoms with Gasteiger partial charge in [-0.25, -0.2) is 9.78 Å². The van der Waals surface area contributed by atoms with Crippen molar-refractivity contribution in [2.45, 2.75) is 63.7 Å². The van der Waals surface area contributed by atoms with Crippen molar-refractivity contribution in [2.75, 3.05) is 39.9 Å². The van der Waals surface area contributed by atoms with Crippen molar-refractivity contribution >= 4 is 11.9 Å². The quantitative estimate of drug-likeness (QED) is 0.682. The Morgan fingerprint density at radius 3 is 2.52 bits per heavy atom. The zero-order chi connectivity index (χ0) is 24.4. The maximum Gasteiger partial charge on any atom is 0.490 e. The molecule has 1 aliphatic carbocycles. The number of halogens is 3. The molecule has 3 heterocycles. The van der Waals surface area contributed by atoms with E-state index in [1.807, 2.05) is 11.2 Å². The van der Waals surface area contributed by atoms with Crippen molar-refractivity contribution in [2.24, 2.45) is 5.41 Å². The van der Waals surface area contributed by atoms with Crippen LogP contribution >= 0.6 is 0 Å². The van der Waals surface area contributed by atoms with Gasteiger partial charge in [0.2, 0.25) is 5.91 Å². The number of hydrogen-bond donors (Lipinski definition) is 1. The predicted octanol–water partition coefficient (Wildman–Crippen LogP) is 2.91. The average molecular weight is 475 g/mol. The minimum Gasteiger partial charge on any atom is -0.475 e. The number of aliphatic carboxylic acids is 1. The van der Waals surface area contributed by atoms with Gasteiger partial charge in [-0.05, 0) is 33.1 Å². The van der Waals surface area contributed by atoms with Gasteiger partial charge in [0.1, 0.15) is 0 Å². The summed E-state index contributed by atoms with van der Waals surface area (Å²) < 4.78 is 39.1. The molecule has 2 aliphatic heterocycles. The van der Waals surface area contributed by atoms with Gasteiger partial charge in [0, 0.05) is 57.5 Å². The average Bonchev–Trinajstić information content (AvgIpc) is 3.38. The van der Waals surface area contributed by atoms with E-state index in [1.54, 1.807) is 7.11 Å². The van der Waals surface area contributed by atoms with Crippen molar-refractivity contribution in [1.29, 1.82) is 0 Å². The molecule has 11 heteroatoms. The maximum atomic E-state index is 13.4. The lowest BCUT2D eigenvalue weighted by Crippen LogP contribution is -2.43. The Morgan fingerprint density at radius 2 is 2.03 bits per heavy atom. The van der Waals surface area contributed by atoms with Crippen molar-refractivity contribution in [3.05, 3.63) is 18.2 Å². The molecule has 8 nitrogen and oxygen atoms in total. The van der Waals surface area contributed by atoms with Crippen LogP contribution in [0.5, 0.6) is 0 Å². The number of imidazole rings is 1. The van der Waals surface area contributed by atoms with E-state index in [0.717, 1.165) is 31.7 Å². The van der Waals surface area contributed by atoms with E-state index in [4.69, 9.17) is 19.6 Å². The number of carboxylic acid groups (broad SMARTS) is 1. The minimum absolute atomic E-state index is 0.211. The summed E-state index contributed by atoms with van der Waals surface area (Å²) in [6.07, 6.45) is 3.86. The number of likely N-dealkylation sites (tertiary alicyclic amines) is 2. The smallest absolute Gasteiger partial charge is 0.475 e. The fourth-order valence-electron chi connectivity index (χ4n) is 4.91. The van der Waals surface area contributed by atoms with E-state index in [0.29, 0.717) is 31.1 Å². The summed E-state index contributed by atoms with van der Waals surface area (Å²) >= 11 is 0. The standard InChI is InChI=1S/C20H32N4O2.C2HF3O2/c1-15(2)24-12-18(21-14-24)17-11-23(16-5-4-6-16)13-20(17)7-8-22(19(20)25)9-10-26-3;3-2(4,5)1(6)7/h12,14-17H,4-11,13H2,1-3H3;(H,6,7). The zero-order valence-corrected chi connectivity index (χ0v) is 19.3. The second-order valence-electron chi connectivity index (χ2n) is 9.40. The number of aromatic nitrogens is 2. The molecule has 1 aromatic heterocycles. The Morgan fingerprint density at radius 1 is 1.36 bits per heavy atom. The van der Waals surface area contributed by atoms with Gasteiger partial charge in [-0.1, -0.05) is 6.42 Å². The summed E-state index contributed by atoms with van der Waals surface area (Å²) in [4.78, 5) is 31.7. The van der Waals surface area contributed by atoms with Gasteiger partial charge in [-0.3, -0.25) is 9.69 Å². The van der Waals surface area contributed by atoms with E-state index in [-0.39, 0.29) is 11.3 Å². The number of carboxylic acids is 1. The Kier molecular flexibility index (Phi) is 7.73. The molecule has 1 spiro atoms. The molecule has 1 saturated carbocycles. The molecule has 1 amide bonds. The third-order valence-corrected chi connectivity index (χ3v) is 7.08. The van der Waals surface area contributed by atoms with Gasteiger partial charge in [-0.2, -0.15) is 13.2 Å². The Labute approximate surface area is 191 Å². The molecule has 2 unspecified atom stereocenters. The van der Waals surface area contributed by atoms with E-state index in [9.17, 15) is 18.0 Å². The van der Waals surface area contributed by atoms with Gasteiger partial charge in [-0.15, -0.1) is 0 Å². The molecule has 2 saturated heterocycles. The van der Waals surface area contributed by atoms with Crippen molar-refractivity contribution < 1.29 is 32.6 Å². The number of rotatable bonds is 6. The molecule has 4 rings (SSSR count). The largest absolute Gasteiger partial charge is 0.490 e. The topological polar surface area (TPSA) is 87.9 Å². The molecule has 3 fully saturated rings. The van der Waals surface area contributed by atoms with Crippen LogP contribution in [-0.4, -0.2) is 88.4 Å².